The topological polar surface area (TPSA) is 80.4 Å². The molecule has 1 atom stereocenters. The number of benzene rings is 1. The molecule has 0 spiro atoms. The summed E-state index contributed by atoms with van der Waals surface area (Å²) in [7, 11) is 0. The van der Waals surface area contributed by atoms with Gasteiger partial charge in [0.1, 0.15) is 0 Å². The third-order valence-electron chi connectivity index (χ3n) is 3.32. The van der Waals surface area contributed by atoms with E-state index < -0.39 is 11.9 Å². The highest BCUT2D eigenvalue weighted by atomic mass is 16.4. The number of rotatable bonds is 3. The third kappa shape index (κ3) is 2.27. The van der Waals surface area contributed by atoms with Gasteiger partial charge >= 0.3 is 5.97 Å². The van der Waals surface area contributed by atoms with Gasteiger partial charge < -0.3 is 10.8 Å². The number of carbonyl (C=O) groups excluding carboxylic acids is 1. The average Bonchev–Trinajstić information content (AvgIpc) is 2.38. The molecule has 0 radical (unpaired) electrons. The molecule has 1 aliphatic rings. The molecule has 0 saturated carbocycles. The number of nitrogens with two attached hydrogens (primary N) is 1. The lowest BCUT2D eigenvalue weighted by molar-refractivity contribution is -0.133. The Bertz CT molecular complexity index is 505. The Morgan fingerprint density at radius 3 is 2.44 bits per heavy atom. The molecule has 3 N–H and O–H groups in total. The Kier molecular flexibility index (Phi) is 3.46. The Balaban J connectivity index is 2.50. The van der Waals surface area contributed by atoms with Gasteiger partial charge in [-0.25, -0.2) is 4.79 Å². The largest absolute Gasteiger partial charge is 0.478 e. The summed E-state index contributed by atoms with van der Waals surface area (Å²) in [6.45, 7) is 0. The number of hydrogen-bond acceptors (Lipinski definition) is 2. The van der Waals surface area contributed by atoms with E-state index in [-0.39, 0.29) is 17.1 Å². The van der Waals surface area contributed by atoms with Gasteiger partial charge in [0.2, 0.25) is 5.91 Å². The maximum atomic E-state index is 11.6. The summed E-state index contributed by atoms with van der Waals surface area (Å²) in [5.41, 5.74) is 6.74. The van der Waals surface area contributed by atoms with Crippen LogP contribution in [-0.2, 0) is 9.59 Å². The fraction of sp³-hybridized carbons (Fsp3) is 0.286. The predicted molar refractivity (Wildman–Crippen MR) is 66.9 cm³/mol. The molecule has 4 nitrogen and oxygen atoms in total. The number of carboxylic acids is 1. The van der Waals surface area contributed by atoms with Crippen LogP contribution in [0.3, 0.4) is 0 Å². The molecule has 0 heterocycles. The summed E-state index contributed by atoms with van der Waals surface area (Å²) in [5.74, 6) is -1.85. The second kappa shape index (κ2) is 5.04. The van der Waals surface area contributed by atoms with E-state index in [1.54, 1.807) is 0 Å². The van der Waals surface area contributed by atoms with Gasteiger partial charge in [-0.3, -0.25) is 4.79 Å². The molecule has 2 rings (SSSR count). The van der Waals surface area contributed by atoms with Crippen LogP contribution in [0.4, 0.5) is 0 Å². The summed E-state index contributed by atoms with van der Waals surface area (Å²) in [5, 5.41) is 9.16. The summed E-state index contributed by atoms with van der Waals surface area (Å²) in [4.78, 5) is 22.7. The maximum absolute atomic E-state index is 11.6. The molecule has 18 heavy (non-hydrogen) atoms. The summed E-state index contributed by atoms with van der Waals surface area (Å²) >= 11 is 0. The zero-order valence-electron chi connectivity index (χ0n) is 9.93. The van der Waals surface area contributed by atoms with E-state index >= 15 is 0 Å². The standard InChI is InChI=1S/C14H15NO3/c15-13(16)12-10(9-5-2-1-3-6-9)7-4-8-11(12)14(17)18/h1-3,5-6,10H,4,7-8H2,(H2,15,16)(H,17,18). The van der Waals surface area contributed by atoms with E-state index in [0.29, 0.717) is 6.42 Å². The van der Waals surface area contributed by atoms with Crippen LogP contribution < -0.4 is 5.73 Å². The van der Waals surface area contributed by atoms with Crippen LogP contribution in [0, 0.1) is 0 Å². The minimum atomic E-state index is -1.04. The van der Waals surface area contributed by atoms with E-state index in [1.807, 2.05) is 30.3 Å². The first-order valence-corrected chi connectivity index (χ1v) is 5.92. The van der Waals surface area contributed by atoms with Crippen molar-refractivity contribution in [2.75, 3.05) is 0 Å². The van der Waals surface area contributed by atoms with Crippen LogP contribution >= 0.6 is 0 Å². The van der Waals surface area contributed by atoms with E-state index in [9.17, 15) is 9.59 Å². The Labute approximate surface area is 105 Å². The first-order valence-electron chi connectivity index (χ1n) is 5.92. The Hall–Kier alpha value is -2.10. The van der Waals surface area contributed by atoms with Gasteiger partial charge in [0.15, 0.2) is 0 Å². The third-order valence-corrected chi connectivity index (χ3v) is 3.32. The van der Waals surface area contributed by atoms with Crippen molar-refractivity contribution in [3.63, 3.8) is 0 Å². The van der Waals surface area contributed by atoms with Crippen LogP contribution in [-0.4, -0.2) is 17.0 Å². The minimum absolute atomic E-state index is 0.169. The van der Waals surface area contributed by atoms with Crippen molar-refractivity contribution in [1.29, 1.82) is 0 Å². The molecule has 0 saturated heterocycles. The van der Waals surface area contributed by atoms with E-state index in [2.05, 4.69) is 0 Å². The van der Waals surface area contributed by atoms with E-state index in [0.717, 1.165) is 18.4 Å². The van der Waals surface area contributed by atoms with Gasteiger partial charge in [0.25, 0.3) is 0 Å². The molecule has 0 fully saturated rings. The van der Waals surface area contributed by atoms with Crippen LogP contribution in [0.5, 0.6) is 0 Å². The Morgan fingerprint density at radius 2 is 1.89 bits per heavy atom. The monoisotopic (exact) mass is 245 g/mol. The first kappa shape index (κ1) is 12.4. The predicted octanol–water partition coefficient (Wildman–Crippen LogP) is 1.82. The second-order valence-corrected chi connectivity index (χ2v) is 4.42. The normalized spacial score (nSPS) is 19.7. The van der Waals surface area contributed by atoms with Gasteiger partial charge in [-0.1, -0.05) is 30.3 Å². The highest BCUT2D eigenvalue weighted by Crippen LogP contribution is 2.37. The zero-order chi connectivity index (χ0) is 13.1. The first-order chi connectivity index (χ1) is 8.61. The summed E-state index contributed by atoms with van der Waals surface area (Å²) < 4.78 is 0. The fourth-order valence-electron chi connectivity index (χ4n) is 2.53. The van der Waals surface area contributed by atoms with E-state index in [1.165, 1.54) is 0 Å². The van der Waals surface area contributed by atoms with Gasteiger partial charge in [0.05, 0.1) is 0 Å². The molecular weight excluding hydrogens is 230 g/mol. The lowest BCUT2D eigenvalue weighted by atomic mass is 9.78. The summed E-state index contributed by atoms with van der Waals surface area (Å²) in [6.07, 6.45) is 1.94. The molecule has 1 amide bonds. The molecule has 0 aromatic heterocycles. The van der Waals surface area contributed by atoms with E-state index in [4.69, 9.17) is 10.8 Å². The smallest absolute Gasteiger partial charge is 0.332 e. The van der Waals surface area contributed by atoms with Crippen molar-refractivity contribution in [1.82, 2.24) is 0 Å². The molecule has 0 aliphatic heterocycles. The lowest BCUT2D eigenvalue weighted by Crippen LogP contribution is -2.26. The highest BCUT2D eigenvalue weighted by Gasteiger charge is 2.30. The molecule has 94 valence electrons. The quantitative estimate of drug-likeness (QED) is 0.852. The van der Waals surface area contributed by atoms with Gasteiger partial charge in [0, 0.05) is 17.1 Å². The van der Waals surface area contributed by atoms with Crippen LogP contribution in [0.15, 0.2) is 41.5 Å². The van der Waals surface area contributed by atoms with Gasteiger partial charge in [-0.2, -0.15) is 0 Å². The molecule has 4 heteroatoms. The van der Waals surface area contributed by atoms with Gasteiger partial charge in [-0.05, 0) is 24.8 Å². The van der Waals surface area contributed by atoms with Crippen LogP contribution in [0.1, 0.15) is 30.7 Å². The number of primary amides is 1. The van der Waals surface area contributed by atoms with Gasteiger partial charge in [-0.15, -0.1) is 0 Å². The molecular formula is C14H15NO3. The van der Waals surface area contributed by atoms with Crippen molar-refractivity contribution in [3.05, 3.63) is 47.0 Å². The SMILES string of the molecule is NC(=O)C1=C(C(=O)O)CCCC1c1ccccc1. The van der Waals surface area contributed by atoms with Crippen LogP contribution in [0.25, 0.3) is 0 Å². The Morgan fingerprint density at radius 1 is 1.22 bits per heavy atom. The molecule has 1 aromatic carbocycles. The van der Waals surface area contributed by atoms with Crippen LogP contribution in [0.2, 0.25) is 0 Å². The lowest BCUT2D eigenvalue weighted by Gasteiger charge is -2.25. The average molecular weight is 245 g/mol. The number of aliphatic carboxylic acids is 1. The van der Waals surface area contributed by atoms with Crippen molar-refractivity contribution >= 4 is 11.9 Å². The fourth-order valence-corrected chi connectivity index (χ4v) is 2.53. The summed E-state index contributed by atoms with van der Waals surface area (Å²) in [6, 6.07) is 9.45. The maximum Gasteiger partial charge on any atom is 0.332 e. The highest BCUT2D eigenvalue weighted by molar-refractivity contribution is 6.02. The van der Waals surface area contributed by atoms with Crippen molar-refractivity contribution in [2.24, 2.45) is 5.73 Å². The number of carboxylic acid groups (broad SMARTS) is 1. The van der Waals surface area contributed by atoms with Crippen molar-refractivity contribution in [2.45, 2.75) is 25.2 Å². The van der Waals surface area contributed by atoms with Crippen molar-refractivity contribution in [3.8, 4) is 0 Å². The zero-order valence-corrected chi connectivity index (χ0v) is 9.93. The molecule has 1 aromatic rings. The number of hydrogen-bond donors (Lipinski definition) is 2. The molecule has 0 bridgehead atoms. The number of carbonyl (C=O) groups is 2. The molecule has 1 unspecified atom stereocenters. The number of amides is 1. The van der Waals surface area contributed by atoms with Crippen molar-refractivity contribution < 1.29 is 14.7 Å². The molecule has 1 aliphatic carbocycles. The second-order valence-electron chi connectivity index (χ2n) is 4.42. The minimum Gasteiger partial charge on any atom is -0.478 e.